The lowest BCUT2D eigenvalue weighted by atomic mass is 9.82. The van der Waals surface area contributed by atoms with Crippen LogP contribution in [-0.2, 0) is 38.0 Å². The highest BCUT2D eigenvalue weighted by Gasteiger charge is 2.51. The molecule has 0 bridgehead atoms. The van der Waals surface area contributed by atoms with Crippen LogP contribution < -0.4 is 0 Å². The molecule has 0 spiro atoms. The number of carbonyl (C=O) groups excluding carboxylic acids is 1. The highest BCUT2D eigenvalue weighted by Crippen LogP contribution is 2.38. The van der Waals surface area contributed by atoms with Crippen LogP contribution in [0.15, 0.2) is 0 Å². The average molecular weight is 593 g/mol. The monoisotopic (exact) mass is 592 g/mol. The fraction of sp³-hybridized carbons (Fsp3) is 0.967. The predicted octanol–water partition coefficient (Wildman–Crippen LogP) is 2.80. The average Bonchev–Trinajstić information content (AvgIpc) is 2.92. The van der Waals surface area contributed by atoms with E-state index in [1.54, 1.807) is 34.6 Å². The molecular weight excluding hydrogens is 536 g/mol. The molecule has 2 rings (SSSR count). The molecule has 2 fully saturated rings. The molecule has 12 atom stereocenters. The van der Waals surface area contributed by atoms with Gasteiger partial charge in [0.15, 0.2) is 6.29 Å². The Morgan fingerprint density at radius 3 is 2.22 bits per heavy atom. The van der Waals surface area contributed by atoms with Gasteiger partial charge in [-0.25, -0.2) is 0 Å². The summed E-state index contributed by atoms with van der Waals surface area (Å²) in [5.74, 6) is -2.36. The molecule has 0 aliphatic carbocycles. The fourth-order valence-electron chi connectivity index (χ4n) is 6.11. The van der Waals surface area contributed by atoms with E-state index < -0.39 is 83.4 Å². The molecule has 2 aliphatic rings. The first kappa shape index (κ1) is 36.3. The maximum atomic E-state index is 13.7. The van der Waals surface area contributed by atoms with E-state index in [1.165, 1.54) is 14.0 Å². The molecule has 2 saturated heterocycles. The number of cyclic esters (lactones) is 1. The summed E-state index contributed by atoms with van der Waals surface area (Å²) in [4.78, 5) is 13.7. The number of hydrogen-bond donors (Lipinski definition) is 3. The number of aliphatic hydroxyl groups excluding tert-OH is 2. The smallest absolute Gasteiger partial charge is 0.311 e. The van der Waals surface area contributed by atoms with Crippen molar-refractivity contribution in [1.82, 2.24) is 0 Å². The van der Waals surface area contributed by atoms with Gasteiger partial charge in [-0.1, -0.05) is 20.8 Å². The van der Waals surface area contributed by atoms with E-state index in [-0.39, 0.29) is 26.2 Å². The summed E-state index contributed by atoms with van der Waals surface area (Å²) in [6.07, 6.45) is -5.37. The van der Waals surface area contributed by atoms with Crippen LogP contribution in [0.3, 0.4) is 0 Å². The van der Waals surface area contributed by atoms with Gasteiger partial charge in [-0.2, -0.15) is 0 Å². The highest BCUT2D eigenvalue weighted by atomic mass is 16.7. The van der Waals surface area contributed by atoms with Gasteiger partial charge >= 0.3 is 5.97 Å². The third kappa shape index (κ3) is 8.39. The number of esters is 1. The zero-order valence-corrected chi connectivity index (χ0v) is 26.9. The van der Waals surface area contributed by atoms with Crippen molar-refractivity contribution < 1.29 is 53.3 Å². The molecule has 3 N–H and O–H groups in total. The lowest BCUT2D eigenvalue weighted by molar-refractivity contribution is -0.302. The second-order valence-corrected chi connectivity index (χ2v) is 12.8. The van der Waals surface area contributed by atoms with Crippen molar-refractivity contribution in [2.24, 2.45) is 17.8 Å². The summed E-state index contributed by atoms with van der Waals surface area (Å²) in [6, 6.07) is 0. The Kier molecular flexibility index (Phi) is 13.0. The molecule has 0 amide bonds. The summed E-state index contributed by atoms with van der Waals surface area (Å²) < 4.78 is 42.3. The van der Waals surface area contributed by atoms with Crippen LogP contribution in [0.2, 0.25) is 0 Å². The molecule has 242 valence electrons. The molecule has 0 aromatic rings. The van der Waals surface area contributed by atoms with Gasteiger partial charge in [0.25, 0.3) is 0 Å². The Balaban J connectivity index is 2.56. The second-order valence-electron chi connectivity index (χ2n) is 12.8. The van der Waals surface area contributed by atoms with Crippen molar-refractivity contribution in [2.75, 3.05) is 27.1 Å². The predicted molar refractivity (Wildman–Crippen MR) is 151 cm³/mol. The molecule has 0 aromatic heterocycles. The van der Waals surface area contributed by atoms with Gasteiger partial charge in [0.2, 0.25) is 0 Å². The lowest BCUT2D eigenvalue weighted by Gasteiger charge is -2.47. The molecule has 0 radical (unpaired) electrons. The molecule has 0 saturated carbocycles. The van der Waals surface area contributed by atoms with Crippen molar-refractivity contribution in [3.63, 3.8) is 0 Å². The van der Waals surface area contributed by atoms with E-state index in [1.807, 2.05) is 27.7 Å². The first-order valence-electron chi connectivity index (χ1n) is 14.9. The third-order valence-corrected chi connectivity index (χ3v) is 9.00. The van der Waals surface area contributed by atoms with Crippen LogP contribution in [0.1, 0.15) is 82.1 Å². The van der Waals surface area contributed by atoms with Crippen molar-refractivity contribution in [3.05, 3.63) is 0 Å². The number of ether oxygens (including phenoxy) is 7. The van der Waals surface area contributed by atoms with Crippen LogP contribution in [0.5, 0.6) is 0 Å². The van der Waals surface area contributed by atoms with Gasteiger partial charge in [-0.05, 0) is 54.9 Å². The molecule has 2 aliphatic heterocycles. The number of rotatable bonds is 8. The molecule has 41 heavy (non-hydrogen) atoms. The van der Waals surface area contributed by atoms with Crippen LogP contribution in [-0.4, -0.2) is 108 Å². The normalized spacial score (nSPS) is 44.8. The summed E-state index contributed by atoms with van der Waals surface area (Å²) in [7, 11) is 1.53. The topological polar surface area (TPSA) is 142 Å². The minimum atomic E-state index is -1.73. The maximum Gasteiger partial charge on any atom is 0.311 e. The minimum absolute atomic E-state index is 0.000453. The number of hydrogen-bond acceptors (Lipinski definition) is 11. The number of carbonyl (C=O) groups is 1. The molecule has 0 aromatic carbocycles. The molecule has 11 heteroatoms. The van der Waals surface area contributed by atoms with Crippen LogP contribution in [0.4, 0.5) is 0 Å². The SMILES string of the molecule is CCOCO[C@@H]1[C@@H](C)[C@H](O[C@H]2C[C@@](C)(OC)[C@@H](O)[C@H](C)O2)[C@@H](C)C(=O)O[C@H](CC)[C@@](C)(O)[C@H](O)[C@@H](C)COC1(C)C. The summed E-state index contributed by atoms with van der Waals surface area (Å²) in [5, 5.41) is 33.2. The Bertz CT molecular complexity index is 820. The third-order valence-electron chi connectivity index (χ3n) is 9.00. The van der Waals surface area contributed by atoms with E-state index >= 15 is 0 Å². The van der Waals surface area contributed by atoms with Crippen molar-refractivity contribution >= 4 is 5.97 Å². The first-order valence-corrected chi connectivity index (χ1v) is 14.9. The standard InChI is InChI=1S/C30H56O11/c1-12-21-30(10,34)24(31)17(3)15-38-28(7,8)26(37-16-36-13-2)18(4)23(19(5)27(33)40-21)41-22-14-29(9,35-11)25(32)20(6)39-22/h17-26,31-32,34H,12-16H2,1-11H3/t17-,18-,19+,20-,21+,22-,23-,24+,25-,26+,29+,30+/m0/s1. The van der Waals surface area contributed by atoms with E-state index in [0.717, 1.165) is 0 Å². The van der Waals surface area contributed by atoms with Crippen molar-refractivity contribution in [2.45, 2.75) is 142 Å². The van der Waals surface area contributed by atoms with Gasteiger partial charge in [0.05, 0.1) is 48.1 Å². The van der Waals surface area contributed by atoms with Crippen molar-refractivity contribution in [3.8, 4) is 0 Å². The van der Waals surface area contributed by atoms with Crippen LogP contribution in [0.25, 0.3) is 0 Å². The Morgan fingerprint density at radius 2 is 1.66 bits per heavy atom. The molecular formula is C30H56O11. The quantitative estimate of drug-likeness (QED) is 0.218. The number of methoxy groups -OCH3 is 1. The van der Waals surface area contributed by atoms with E-state index in [4.69, 9.17) is 33.2 Å². The minimum Gasteiger partial charge on any atom is -0.459 e. The van der Waals surface area contributed by atoms with Crippen LogP contribution >= 0.6 is 0 Å². The molecule has 2 heterocycles. The largest absolute Gasteiger partial charge is 0.459 e. The van der Waals surface area contributed by atoms with Gasteiger partial charge < -0.3 is 48.5 Å². The second kappa shape index (κ2) is 14.7. The Hall–Kier alpha value is -0.890. The van der Waals surface area contributed by atoms with Gasteiger partial charge in [-0.3, -0.25) is 4.79 Å². The van der Waals surface area contributed by atoms with Crippen molar-refractivity contribution in [1.29, 1.82) is 0 Å². The molecule has 11 nitrogen and oxygen atoms in total. The zero-order chi connectivity index (χ0) is 31.3. The van der Waals surface area contributed by atoms with Crippen LogP contribution in [0, 0.1) is 17.8 Å². The first-order chi connectivity index (χ1) is 19.0. The van der Waals surface area contributed by atoms with E-state index in [2.05, 4.69) is 0 Å². The number of aliphatic hydroxyl groups is 3. The van der Waals surface area contributed by atoms with Gasteiger partial charge in [0.1, 0.15) is 24.6 Å². The summed E-state index contributed by atoms with van der Waals surface area (Å²) in [6.45, 7) is 18.4. The van der Waals surface area contributed by atoms with Gasteiger partial charge in [0, 0.05) is 32.0 Å². The fourth-order valence-corrected chi connectivity index (χ4v) is 6.11. The van der Waals surface area contributed by atoms with E-state index in [9.17, 15) is 20.1 Å². The Morgan fingerprint density at radius 1 is 1.02 bits per heavy atom. The summed E-state index contributed by atoms with van der Waals surface area (Å²) >= 11 is 0. The maximum absolute atomic E-state index is 13.7. The Labute approximate surface area is 246 Å². The molecule has 0 unspecified atom stereocenters. The van der Waals surface area contributed by atoms with Gasteiger partial charge in [-0.15, -0.1) is 0 Å². The zero-order valence-electron chi connectivity index (χ0n) is 26.9. The van der Waals surface area contributed by atoms with E-state index in [0.29, 0.717) is 6.61 Å². The summed E-state index contributed by atoms with van der Waals surface area (Å²) in [5.41, 5.74) is -3.57. The highest BCUT2D eigenvalue weighted by molar-refractivity contribution is 5.73. The lowest BCUT2D eigenvalue weighted by Crippen LogP contribution is -2.58.